The van der Waals surface area contributed by atoms with Crippen LogP contribution < -0.4 is 15.2 Å². The van der Waals surface area contributed by atoms with Crippen molar-refractivity contribution in [1.29, 1.82) is 0 Å². The molecule has 0 aliphatic heterocycles. The molecule has 0 radical (unpaired) electrons. The number of carboxylic acid groups (broad SMARTS) is 1. The van der Waals surface area contributed by atoms with Crippen LogP contribution in [0.15, 0.2) is 12.1 Å². The van der Waals surface area contributed by atoms with E-state index in [1.165, 1.54) is 26.4 Å². The fraction of sp³-hybridized carbons (Fsp3) is 0.308. The lowest BCUT2D eigenvalue weighted by molar-refractivity contribution is 0.0696. The first-order valence-corrected chi connectivity index (χ1v) is 5.32. The van der Waals surface area contributed by atoms with Gasteiger partial charge in [-0.05, 0) is 12.1 Å². The Kier molecular flexibility index (Phi) is 5.03. The quantitative estimate of drug-likeness (QED) is 0.781. The van der Waals surface area contributed by atoms with Crippen LogP contribution >= 0.6 is 0 Å². The van der Waals surface area contributed by atoms with Gasteiger partial charge in [0.1, 0.15) is 17.1 Å². The maximum atomic E-state index is 10.9. The van der Waals surface area contributed by atoms with Crippen molar-refractivity contribution < 1.29 is 19.4 Å². The summed E-state index contributed by atoms with van der Waals surface area (Å²) in [6, 6.07) is 2.83. The van der Waals surface area contributed by atoms with Crippen molar-refractivity contribution in [3.63, 3.8) is 0 Å². The van der Waals surface area contributed by atoms with Crippen molar-refractivity contribution in [3.05, 3.63) is 23.3 Å². The molecule has 0 fully saturated rings. The summed E-state index contributed by atoms with van der Waals surface area (Å²) in [5, 5.41) is 8.97. The fourth-order valence-electron chi connectivity index (χ4n) is 1.38. The fourth-order valence-corrected chi connectivity index (χ4v) is 1.38. The Balaban J connectivity index is 3.31. The van der Waals surface area contributed by atoms with E-state index in [9.17, 15) is 4.79 Å². The van der Waals surface area contributed by atoms with E-state index in [-0.39, 0.29) is 5.56 Å². The molecule has 0 aromatic heterocycles. The standard InChI is InChI=1S/C13H15NO4/c1-17-11-7-9(13(15)16)8-12(18-2)10(11)5-3-4-6-14/h7-8H,4,6,14H2,1-2H3,(H,15,16). The van der Waals surface area contributed by atoms with Crippen LogP contribution in [0.4, 0.5) is 0 Å². The monoisotopic (exact) mass is 249 g/mol. The molecule has 0 saturated heterocycles. The van der Waals surface area contributed by atoms with Gasteiger partial charge in [0, 0.05) is 13.0 Å². The molecule has 96 valence electrons. The molecule has 18 heavy (non-hydrogen) atoms. The van der Waals surface area contributed by atoms with Crippen molar-refractivity contribution in [1.82, 2.24) is 0 Å². The smallest absolute Gasteiger partial charge is 0.335 e. The van der Waals surface area contributed by atoms with Gasteiger partial charge in [0.05, 0.1) is 19.8 Å². The highest BCUT2D eigenvalue weighted by atomic mass is 16.5. The number of hydrogen-bond donors (Lipinski definition) is 2. The van der Waals surface area contributed by atoms with Crippen LogP contribution in [0.5, 0.6) is 11.5 Å². The van der Waals surface area contributed by atoms with Gasteiger partial charge in [0.2, 0.25) is 0 Å². The first-order valence-electron chi connectivity index (χ1n) is 5.32. The lowest BCUT2D eigenvalue weighted by Crippen LogP contribution is -2.01. The minimum Gasteiger partial charge on any atom is -0.495 e. The van der Waals surface area contributed by atoms with E-state index in [1.807, 2.05) is 0 Å². The number of methoxy groups -OCH3 is 2. The molecule has 1 rings (SSSR count). The maximum absolute atomic E-state index is 10.9. The van der Waals surface area contributed by atoms with Crippen molar-refractivity contribution in [2.45, 2.75) is 6.42 Å². The maximum Gasteiger partial charge on any atom is 0.335 e. The normalized spacial score (nSPS) is 9.28. The molecule has 1 aromatic carbocycles. The largest absolute Gasteiger partial charge is 0.495 e. The second-order valence-corrected chi connectivity index (χ2v) is 3.40. The van der Waals surface area contributed by atoms with Gasteiger partial charge < -0.3 is 20.3 Å². The van der Waals surface area contributed by atoms with E-state index < -0.39 is 5.97 Å². The van der Waals surface area contributed by atoms with Crippen LogP contribution in [0.25, 0.3) is 0 Å². The lowest BCUT2D eigenvalue weighted by Gasteiger charge is -2.10. The highest BCUT2D eigenvalue weighted by Crippen LogP contribution is 2.29. The van der Waals surface area contributed by atoms with Crippen LogP contribution in [0.3, 0.4) is 0 Å². The Labute approximate surface area is 106 Å². The van der Waals surface area contributed by atoms with Gasteiger partial charge >= 0.3 is 5.97 Å². The number of aromatic carboxylic acids is 1. The molecule has 0 aliphatic carbocycles. The summed E-state index contributed by atoms with van der Waals surface area (Å²) < 4.78 is 10.3. The van der Waals surface area contributed by atoms with Crippen molar-refractivity contribution in [2.75, 3.05) is 20.8 Å². The molecule has 0 unspecified atom stereocenters. The van der Waals surface area contributed by atoms with E-state index in [4.69, 9.17) is 20.3 Å². The molecule has 1 aromatic rings. The summed E-state index contributed by atoms with van der Waals surface area (Å²) in [7, 11) is 2.91. The van der Waals surface area contributed by atoms with Crippen molar-refractivity contribution >= 4 is 5.97 Å². The molecule has 0 atom stereocenters. The number of hydrogen-bond acceptors (Lipinski definition) is 4. The second kappa shape index (κ2) is 6.52. The van der Waals surface area contributed by atoms with Gasteiger partial charge in [-0.2, -0.15) is 0 Å². The van der Waals surface area contributed by atoms with Gasteiger partial charge in [-0.1, -0.05) is 11.8 Å². The average molecular weight is 249 g/mol. The first kappa shape index (κ1) is 13.9. The third kappa shape index (κ3) is 3.15. The molecule has 0 bridgehead atoms. The number of carbonyl (C=O) groups is 1. The second-order valence-electron chi connectivity index (χ2n) is 3.40. The Morgan fingerprint density at radius 1 is 1.33 bits per heavy atom. The Morgan fingerprint density at radius 2 is 1.89 bits per heavy atom. The summed E-state index contributed by atoms with van der Waals surface area (Å²) >= 11 is 0. The Hall–Kier alpha value is -2.19. The molecule has 0 saturated carbocycles. The van der Waals surface area contributed by atoms with Gasteiger partial charge in [0.15, 0.2) is 0 Å². The van der Waals surface area contributed by atoms with Crippen LogP contribution in [0.1, 0.15) is 22.3 Å². The summed E-state index contributed by atoms with van der Waals surface area (Å²) in [6.45, 7) is 0.463. The molecule has 5 heteroatoms. The third-order valence-corrected chi connectivity index (χ3v) is 2.24. The Bertz CT molecular complexity index is 474. The topological polar surface area (TPSA) is 81.8 Å². The van der Waals surface area contributed by atoms with Crippen LogP contribution in [0, 0.1) is 11.8 Å². The van der Waals surface area contributed by atoms with E-state index in [0.717, 1.165) is 0 Å². The van der Waals surface area contributed by atoms with Crippen molar-refractivity contribution in [2.24, 2.45) is 5.73 Å². The highest BCUT2D eigenvalue weighted by Gasteiger charge is 2.14. The summed E-state index contributed by atoms with van der Waals surface area (Å²) in [5.41, 5.74) is 5.97. The number of carboxylic acids is 1. The predicted molar refractivity (Wildman–Crippen MR) is 67.1 cm³/mol. The average Bonchev–Trinajstić information content (AvgIpc) is 2.38. The SMILES string of the molecule is COc1cc(C(=O)O)cc(OC)c1C#CCCN. The van der Waals surface area contributed by atoms with Crippen molar-refractivity contribution in [3.8, 4) is 23.3 Å². The summed E-state index contributed by atoms with van der Waals surface area (Å²) in [4.78, 5) is 10.9. The highest BCUT2D eigenvalue weighted by molar-refractivity contribution is 5.89. The molecular formula is C13H15NO4. The minimum atomic E-state index is -1.05. The van der Waals surface area contributed by atoms with Crippen LogP contribution in [0.2, 0.25) is 0 Å². The minimum absolute atomic E-state index is 0.0908. The van der Waals surface area contributed by atoms with E-state index in [0.29, 0.717) is 30.0 Å². The summed E-state index contributed by atoms with van der Waals surface area (Å²) in [6.07, 6.45) is 0.549. The van der Waals surface area contributed by atoms with E-state index in [2.05, 4.69) is 11.8 Å². The van der Waals surface area contributed by atoms with Crippen LogP contribution in [-0.2, 0) is 0 Å². The van der Waals surface area contributed by atoms with Gasteiger partial charge in [0.25, 0.3) is 0 Å². The van der Waals surface area contributed by atoms with E-state index >= 15 is 0 Å². The first-order chi connectivity index (χ1) is 8.63. The van der Waals surface area contributed by atoms with Crippen LogP contribution in [-0.4, -0.2) is 31.8 Å². The van der Waals surface area contributed by atoms with Gasteiger partial charge in [-0.25, -0.2) is 4.79 Å². The number of benzene rings is 1. The molecule has 0 heterocycles. The molecule has 5 nitrogen and oxygen atoms in total. The zero-order valence-corrected chi connectivity index (χ0v) is 10.3. The molecule has 0 aliphatic rings. The lowest BCUT2D eigenvalue weighted by atomic mass is 10.1. The summed E-state index contributed by atoms with van der Waals surface area (Å²) in [5.74, 6) is 5.44. The van der Waals surface area contributed by atoms with Gasteiger partial charge in [-0.15, -0.1) is 0 Å². The Morgan fingerprint density at radius 3 is 2.28 bits per heavy atom. The molecular weight excluding hydrogens is 234 g/mol. The van der Waals surface area contributed by atoms with E-state index in [1.54, 1.807) is 0 Å². The number of nitrogens with two attached hydrogens (primary N) is 1. The van der Waals surface area contributed by atoms with Gasteiger partial charge in [-0.3, -0.25) is 0 Å². The zero-order valence-electron chi connectivity index (χ0n) is 10.3. The number of ether oxygens (including phenoxy) is 2. The molecule has 0 spiro atoms. The predicted octanol–water partition coefficient (Wildman–Crippen LogP) is 1.10. The molecule has 0 amide bonds. The third-order valence-electron chi connectivity index (χ3n) is 2.24. The zero-order chi connectivity index (χ0) is 13.5. The molecule has 3 N–H and O–H groups in total. The number of rotatable bonds is 4.